The van der Waals surface area contributed by atoms with Gasteiger partial charge in [0.15, 0.2) is 12.3 Å². The number of nitrogens with zero attached hydrogens (tertiary/aromatic N) is 2. The van der Waals surface area contributed by atoms with Gasteiger partial charge in [-0.25, -0.2) is 9.97 Å². The van der Waals surface area contributed by atoms with Crippen LogP contribution in [0.4, 0.5) is 0 Å². The second-order valence-electron chi connectivity index (χ2n) is 6.22. The Morgan fingerprint density at radius 1 is 1.42 bits per heavy atom. The number of nitrogens with one attached hydrogen (secondary N) is 1. The van der Waals surface area contributed by atoms with Crippen molar-refractivity contribution in [1.82, 2.24) is 15.3 Å². The predicted octanol–water partition coefficient (Wildman–Crippen LogP) is 2.94. The van der Waals surface area contributed by atoms with Gasteiger partial charge in [-0.2, -0.15) is 0 Å². The van der Waals surface area contributed by atoms with Crippen molar-refractivity contribution in [2.45, 2.75) is 20.0 Å². The number of carbonyl (C=O) groups is 1. The summed E-state index contributed by atoms with van der Waals surface area (Å²) in [6.45, 7) is 4.17. The highest BCUT2D eigenvalue weighted by Gasteiger charge is 2.18. The molecule has 8 heteroatoms. The molecule has 0 spiro atoms. The van der Waals surface area contributed by atoms with Crippen LogP contribution in [0.15, 0.2) is 28.9 Å². The summed E-state index contributed by atoms with van der Waals surface area (Å²) < 4.78 is 17.5. The van der Waals surface area contributed by atoms with E-state index >= 15 is 0 Å². The molecular formula is C18H19N3O4S. The molecule has 0 saturated carbocycles. The van der Waals surface area contributed by atoms with E-state index in [-0.39, 0.29) is 18.2 Å². The quantitative estimate of drug-likeness (QED) is 0.715. The van der Waals surface area contributed by atoms with Gasteiger partial charge in [-0.05, 0) is 25.5 Å². The number of oxazole rings is 1. The number of thiazole rings is 1. The molecule has 1 unspecified atom stereocenters. The van der Waals surface area contributed by atoms with Crippen molar-refractivity contribution in [3.63, 3.8) is 0 Å². The van der Waals surface area contributed by atoms with Gasteiger partial charge in [0.25, 0.3) is 5.91 Å². The molecule has 0 aliphatic carbocycles. The van der Waals surface area contributed by atoms with Crippen molar-refractivity contribution < 1.29 is 18.7 Å². The second-order valence-corrected chi connectivity index (χ2v) is 7.45. The summed E-state index contributed by atoms with van der Waals surface area (Å²) in [6, 6.07) is 5.76. The minimum absolute atomic E-state index is 0.151. The van der Waals surface area contributed by atoms with Crippen LogP contribution in [0.25, 0.3) is 10.2 Å². The lowest BCUT2D eigenvalue weighted by Gasteiger charge is -2.07. The molecule has 1 amide bonds. The minimum Gasteiger partial charge on any atom is -0.484 e. The average molecular weight is 373 g/mol. The van der Waals surface area contributed by atoms with Gasteiger partial charge in [-0.15, -0.1) is 11.3 Å². The van der Waals surface area contributed by atoms with Gasteiger partial charge in [-0.3, -0.25) is 4.79 Å². The lowest BCUT2D eigenvalue weighted by atomic mass is 10.1. The van der Waals surface area contributed by atoms with Crippen molar-refractivity contribution >= 4 is 27.5 Å². The molecule has 1 N–H and O–H groups in total. The fraction of sp³-hybridized carbons (Fsp3) is 0.389. The molecule has 1 fully saturated rings. The molecule has 136 valence electrons. The Morgan fingerprint density at radius 2 is 2.35 bits per heavy atom. The topological polar surface area (TPSA) is 86.5 Å². The zero-order valence-electron chi connectivity index (χ0n) is 14.4. The Balaban J connectivity index is 1.32. The molecule has 1 aromatic carbocycles. The Bertz CT molecular complexity index is 914. The maximum absolute atomic E-state index is 12.1. The monoisotopic (exact) mass is 373 g/mol. The first kappa shape index (κ1) is 17.0. The molecule has 2 aromatic heterocycles. The summed E-state index contributed by atoms with van der Waals surface area (Å²) in [5.74, 6) is 1.17. The van der Waals surface area contributed by atoms with E-state index in [4.69, 9.17) is 13.9 Å². The Morgan fingerprint density at radius 3 is 3.19 bits per heavy atom. The highest BCUT2D eigenvalue weighted by Crippen LogP contribution is 2.26. The molecule has 1 atom stereocenters. The molecule has 3 heterocycles. The van der Waals surface area contributed by atoms with Gasteiger partial charge < -0.3 is 19.2 Å². The van der Waals surface area contributed by atoms with E-state index in [1.807, 2.05) is 25.1 Å². The number of aromatic nitrogens is 2. The fourth-order valence-electron chi connectivity index (χ4n) is 2.81. The predicted molar refractivity (Wildman–Crippen MR) is 96.5 cm³/mol. The Labute approximate surface area is 154 Å². The van der Waals surface area contributed by atoms with E-state index in [0.717, 1.165) is 28.3 Å². The SMILES string of the molecule is Cc1nc2cc(OCc3nc(C(=O)NCC4CCOC4)co3)ccc2s1. The molecule has 26 heavy (non-hydrogen) atoms. The molecule has 0 bridgehead atoms. The maximum Gasteiger partial charge on any atom is 0.273 e. The van der Waals surface area contributed by atoms with Crippen LogP contribution in [-0.4, -0.2) is 35.6 Å². The zero-order valence-corrected chi connectivity index (χ0v) is 15.2. The van der Waals surface area contributed by atoms with Crippen LogP contribution >= 0.6 is 11.3 Å². The summed E-state index contributed by atoms with van der Waals surface area (Å²) in [6.07, 6.45) is 2.33. The smallest absolute Gasteiger partial charge is 0.273 e. The van der Waals surface area contributed by atoms with E-state index in [0.29, 0.717) is 30.7 Å². The third-order valence-corrected chi connectivity index (χ3v) is 5.14. The lowest BCUT2D eigenvalue weighted by molar-refractivity contribution is 0.0940. The molecule has 0 radical (unpaired) electrons. The number of hydrogen-bond acceptors (Lipinski definition) is 7. The molecule has 7 nitrogen and oxygen atoms in total. The Kier molecular flexibility index (Phi) is 4.85. The van der Waals surface area contributed by atoms with Crippen molar-refractivity contribution in [1.29, 1.82) is 0 Å². The van der Waals surface area contributed by atoms with Crippen molar-refractivity contribution in [3.8, 4) is 5.75 Å². The first-order chi connectivity index (χ1) is 12.7. The fourth-order valence-corrected chi connectivity index (χ4v) is 3.62. The second kappa shape index (κ2) is 7.43. The largest absolute Gasteiger partial charge is 0.484 e. The van der Waals surface area contributed by atoms with Crippen LogP contribution in [0.1, 0.15) is 27.8 Å². The average Bonchev–Trinajstić information content (AvgIpc) is 3.37. The van der Waals surface area contributed by atoms with Gasteiger partial charge in [-0.1, -0.05) is 0 Å². The van der Waals surface area contributed by atoms with Crippen molar-refractivity contribution in [2.24, 2.45) is 5.92 Å². The summed E-state index contributed by atoms with van der Waals surface area (Å²) in [4.78, 5) is 20.8. The van der Waals surface area contributed by atoms with Crippen LogP contribution in [0.5, 0.6) is 5.75 Å². The molecule has 1 saturated heterocycles. The molecule has 3 aromatic rings. The number of benzene rings is 1. The van der Waals surface area contributed by atoms with Gasteiger partial charge in [0.1, 0.15) is 12.0 Å². The van der Waals surface area contributed by atoms with E-state index in [1.165, 1.54) is 6.26 Å². The highest BCUT2D eigenvalue weighted by atomic mass is 32.1. The van der Waals surface area contributed by atoms with Crippen molar-refractivity contribution in [2.75, 3.05) is 19.8 Å². The standard InChI is InChI=1S/C18H19N3O4S/c1-11-20-14-6-13(2-3-16(14)26-11)24-10-17-21-15(9-25-17)18(22)19-7-12-4-5-23-8-12/h2-3,6,9,12H,4-5,7-8,10H2,1H3,(H,19,22). The Hall–Kier alpha value is -2.45. The maximum atomic E-state index is 12.1. The van der Waals surface area contributed by atoms with Crippen LogP contribution in [0.3, 0.4) is 0 Å². The van der Waals surface area contributed by atoms with Crippen LogP contribution in [0, 0.1) is 12.8 Å². The van der Waals surface area contributed by atoms with Crippen molar-refractivity contribution in [3.05, 3.63) is 41.1 Å². The number of fused-ring (bicyclic) bond motifs is 1. The summed E-state index contributed by atoms with van der Waals surface area (Å²) in [5, 5.41) is 3.88. The van der Waals surface area contributed by atoms with Gasteiger partial charge >= 0.3 is 0 Å². The molecular weight excluding hydrogens is 354 g/mol. The van der Waals surface area contributed by atoms with E-state index in [9.17, 15) is 4.79 Å². The van der Waals surface area contributed by atoms with E-state index < -0.39 is 0 Å². The third-order valence-electron chi connectivity index (χ3n) is 4.19. The van der Waals surface area contributed by atoms with Gasteiger partial charge in [0, 0.05) is 25.1 Å². The summed E-state index contributed by atoms with van der Waals surface area (Å²) >= 11 is 1.65. The lowest BCUT2D eigenvalue weighted by Crippen LogP contribution is -2.29. The van der Waals surface area contributed by atoms with Crippen LogP contribution in [0.2, 0.25) is 0 Å². The van der Waals surface area contributed by atoms with E-state index in [2.05, 4.69) is 15.3 Å². The summed E-state index contributed by atoms with van der Waals surface area (Å²) in [7, 11) is 0. The number of aryl methyl sites for hydroxylation is 1. The number of amides is 1. The highest BCUT2D eigenvalue weighted by molar-refractivity contribution is 7.18. The number of carbonyl (C=O) groups excluding carboxylic acids is 1. The van der Waals surface area contributed by atoms with Gasteiger partial charge in [0.2, 0.25) is 5.89 Å². The van der Waals surface area contributed by atoms with Crippen LogP contribution < -0.4 is 10.1 Å². The molecule has 1 aliphatic rings. The number of rotatable bonds is 6. The number of ether oxygens (including phenoxy) is 2. The van der Waals surface area contributed by atoms with Gasteiger partial charge in [0.05, 0.1) is 21.8 Å². The molecule has 4 rings (SSSR count). The third kappa shape index (κ3) is 3.86. The van der Waals surface area contributed by atoms with Crippen LogP contribution in [-0.2, 0) is 11.3 Å². The zero-order chi connectivity index (χ0) is 17.9. The first-order valence-electron chi connectivity index (χ1n) is 8.48. The summed E-state index contributed by atoms with van der Waals surface area (Å²) in [5.41, 5.74) is 1.17. The molecule has 1 aliphatic heterocycles. The normalized spacial score (nSPS) is 16.9. The number of hydrogen-bond donors (Lipinski definition) is 1. The van der Waals surface area contributed by atoms with E-state index in [1.54, 1.807) is 11.3 Å². The minimum atomic E-state index is -0.244. The first-order valence-corrected chi connectivity index (χ1v) is 9.29.